The number of halogens is 1. The number of hydrogen-bond acceptors (Lipinski definition) is 3. The predicted molar refractivity (Wildman–Crippen MR) is 78.8 cm³/mol. The van der Waals surface area contributed by atoms with Gasteiger partial charge in [-0.1, -0.05) is 13.8 Å². The molecule has 0 aliphatic rings. The summed E-state index contributed by atoms with van der Waals surface area (Å²) in [5.41, 5.74) is 0. The summed E-state index contributed by atoms with van der Waals surface area (Å²) in [6.45, 7) is 7.39. The van der Waals surface area contributed by atoms with Gasteiger partial charge >= 0.3 is 0 Å². The molecule has 1 aromatic heterocycles. The summed E-state index contributed by atoms with van der Waals surface area (Å²) >= 11 is 5.35. The molecular formula is C13H22BrNOS. The van der Waals surface area contributed by atoms with Gasteiger partial charge in [-0.05, 0) is 46.8 Å². The molecule has 2 nitrogen and oxygen atoms in total. The average molecular weight is 320 g/mol. The van der Waals surface area contributed by atoms with Crippen LogP contribution in [0.2, 0.25) is 0 Å². The Hall–Kier alpha value is 0.1000. The number of ether oxygens (including phenoxy) is 1. The fourth-order valence-electron chi connectivity index (χ4n) is 1.72. The van der Waals surface area contributed by atoms with Crippen LogP contribution >= 0.6 is 27.3 Å². The van der Waals surface area contributed by atoms with E-state index in [9.17, 15) is 0 Å². The molecule has 1 rings (SSSR count). The van der Waals surface area contributed by atoms with Crippen LogP contribution in [-0.2, 0) is 11.2 Å². The average Bonchev–Trinajstić information content (AvgIpc) is 2.68. The summed E-state index contributed by atoms with van der Waals surface area (Å²) in [4.78, 5) is 1.46. The SMILES string of the molecule is COCCNCC(Cc1cc(Br)cs1)C(C)C. The van der Waals surface area contributed by atoms with E-state index in [-0.39, 0.29) is 0 Å². The quantitative estimate of drug-likeness (QED) is 0.740. The molecule has 1 heterocycles. The van der Waals surface area contributed by atoms with Gasteiger partial charge in [0.15, 0.2) is 0 Å². The van der Waals surface area contributed by atoms with Crippen molar-refractivity contribution in [3.8, 4) is 0 Å². The predicted octanol–water partition coefficient (Wildman–Crippen LogP) is 3.56. The first-order chi connectivity index (χ1) is 8.13. The summed E-state index contributed by atoms with van der Waals surface area (Å²) in [6, 6.07) is 2.23. The van der Waals surface area contributed by atoms with Crippen LogP contribution in [0, 0.1) is 11.8 Å². The second kappa shape index (κ2) is 8.25. The highest BCUT2D eigenvalue weighted by molar-refractivity contribution is 9.10. The van der Waals surface area contributed by atoms with Crippen molar-refractivity contribution in [2.45, 2.75) is 20.3 Å². The highest BCUT2D eigenvalue weighted by Gasteiger charge is 2.14. The van der Waals surface area contributed by atoms with Crippen LogP contribution in [0.5, 0.6) is 0 Å². The molecule has 1 N–H and O–H groups in total. The van der Waals surface area contributed by atoms with E-state index in [4.69, 9.17) is 4.74 Å². The van der Waals surface area contributed by atoms with Gasteiger partial charge in [0.2, 0.25) is 0 Å². The van der Waals surface area contributed by atoms with Crippen molar-refractivity contribution in [2.24, 2.45) is 11.8 Å². The van der Waals surface area contributed by atoms with Gasteiger partial charge < -0.3 is 10.1 Å². The van der Waals surface area contributed by atoms with Gasteiger partial charge in [0, 0.05) is 28.4 Å². The fourth-order valence-corrected chi connectivity index (χ4v) is 3.27. The Morgan fingerprint density at radius 2 is 2.24 bits per heavy atom. The van der Waals surface area contributed by atoms with Gasteiger partial charge in [-0.25, -0.2) is 0 Å². The highest BCUT2D eigenvalue weighted by atomic mass is 79.9. The summed E-state index contributed by atoms with van der Waals surface area (Å²) < 4.78 is 6.24. The van der Waals surface area contributed by atoms with Crippen molar-refractivity contribution in [3.05, 3.63) is 20.8 Å². The highest BCUT2D eigenvalue weighted by Crippen LogP contribution is 2.24. The lowest BCUT2D eigenvalue weighted by atomic mass is 9.92. The minimum atomic E-state index is 0.692. The molecule has 0 saturated heterocycles. The molecule has 0 bridgehead atoms. The smallest absolute Gasteiger partial charge is 0.0587 e. The maximum Gasteiger partial charge on any atom is 0.0587 e. The molecule has 1 atom stereocenters. The van der Waals surface area contributed by atoms with Crippen LogP contribution in [0.4, 0.5) is 0 Å². The molecule has 0 aliphatic heterocycles. The molecule has 0 aromatic carbocycles. The normalized spacial score (nSPS) is 13.2. The Morgan fingerprint density at radius 3 is 2.76 bits per heavy atom. The van der Waals surface area contributed by atoms with Gasteiger partial charge in [-0.3, -0.25) is 0 Å². The Morgan fingerprint density at radius 1 is 1.47 bits per heavy atom. The molecule has 0 amide bonds. The van der Waals surface area contributed by atoms with Crippen molar-refractivity contribution in [1.29, 1.82) is 0 Å². The maximum absolute atomic E-state index is 5.04. The first kappa shape index (κ1) is 15.2. The summed E-state index contributed by atoms with van der Waals surface area (Å²) in [5, 5.41) is 5.62. The van der Waals surface area contributed by atoms with Crippen LogP contribution in [0.3, 0.4) is 0 Å². The van der Waals surface area contributed by atoms with E-state index in [2.05, 4.69) is 46.5 Å². The standard InChI is InChI=1S/C13H22BrNOS/c1-10(2)11(8-15-4-5-16-3)6-13-7-12(14)9-17-13/h7,9-11,15H,4-6,8H2,1-3H3. The summed E-state index contributed by atoms with van der Waals surface area (Å²) in [5.74, 6) is 1.39. The number of thiophene rings is 1. The van der Waals surface area contributed by atoms with E-state index in [0.29, 0.717) is 11.8 Å². The molecule has 0 spiro atoms. The third-order valence-corrected chi connectivity index (χ3v) is 4.64. The zero-order valence-corrected chi connectivity index (χ0v) is 13.2. The van der Waals surface area contributed by atoms with E-state index in [0.717, 1.165) is 26.1 Å². The molecule has 0 aliphatic carbocycles. The van der Waals surface area contributed by atoms with Crippen molar-refractivity contribution < 1.29 is 4.74 Å². The number of hydrogen-bond donors (Lipinski definition) is 1. The van der Waals surface area contributed by atoms with Crippen LogP contribution < -0.4 is 5.32 Å². The molecule has 17 heavy (non-hydrogen) atoms. The Labute approximate surface area is 117 Å². The molecule has 98 valence electrons. The van der Waals surface area contributed by atoms with Crippen molar-refractivity contribution in [2.75, 3.05) is 26.8 Å². The molecular weight excluding hydrogens is 298 g/mol. The molecule has 1 aromatic rings. The van der Waals surface area contributed by atoms with Crippen LogP contribution in [-0.4, -0.2) is 26.8 Å². The van der Waals surface area contributed by atoms with Gasteiger partial charge in [0.1, 0.15) is 0 Å². The third kappa shape index (κ3) is 6.00. The Bertz CT molecular complexity index is 314. The van der Waals surface area contributed by atoms with Gasteiger partial charge in [-0.2, -0.15) is 0 Å². The summed E-state index contributed by atoms with van der Waals surface area (Å²) in [6.07, 6.45) is 1.16. The number of rotatable bonds is 8. The largest absolute Gasteiger partial charge is 0.383 e. The molecule has 0 saturated carbocycles. The van der Waals surface area contributed by atoms with Gasteiger partial charge in [0.05, 0.1) is 6.61 Å². The minimum absolute atomic E-state index is 0.692. The zero-order chi connectivity index (χ0) is 12.7. The Balaban J connectivity index is 2.38. The first-order valence-corrected chi connectivity index (χ1v) is 7.73. The van der Waals surface area contributed by atoms with Crippen molar-refractivity contribution in [1.82, 2.24) is 5.32 Å². The van der Waals surface area contributed by atoms with E-state index >= 15 is 0 Å². The van der Waals surface area contributed by atoms with Crippen LogP contribution in [0.25, 0.3) is 0 Å². The minimum Gasteiger partial charge on any atom is -0.383 e. The van der Waals surface area contributed by atoms with E-state index in [1.165, 1.54) is 9.35 Å². The molecule has 1 unspecified atom stereocenters. The second-order valence-corrected chi connectivity index (χ2v) is 6.55. The Kier molecular flexibility index (Phi) is 7.35. The van der Waals surface area contributed by atoms with E-state index < -0.39 is 0 Å². The molecule has 4 heteroatoms. The van der Waals surface area contributed by atoms with Gasteiger partial charge in [-0.15, -0.1) is 11.3 Å². The molecule has 0 fully saturated rings. The van der Waals surface area contributed by atoms with E-state index in [1.54, 1.807) is 7.11 Å². The van der Waals surface area contributed by atoms with Crippen molar-refractivity contribution in [3.63, 3.8) is 0 Å². The fraction of sp³-hybridized carbons (Fsp3) is 0.692. The lowest BCUT2D eigenvalue weighted by Crippen LogP contribution is -2.29. The second-order valence-electron chi connectivity index (χ2n) is 4.64. The van der Waals surface area contributed by atoms with E-state index in [1.807, 2.05) is 11.3 Å². The number of nitrogens with one attached hydrogen (secondary N) is 1. The van der Waals surface area contributed by atoms with Crippen molar-refractivity contribution >= 4 is 27.3 Å². The number of methoxy groups -OCH3 is 1. The lowest BCUT2D eigenvalue weighted by molar-refractivity contribution is 0.196. The first-order valence-electron chi connectivity index (χ1n) is 6.06. The lowest BCUT2D eigenvalue weighted by Gasteiger charge is -2.20. The maximum atomic E-state index is 5.04. The summed E-state index contributed by atoms with van der Waals surface area (Å²) in [7, 11) is 1.74. The zero-order valence-electron chi connectivity index (χ0n) is 10.8. The monoisotopic (exact) mass is 319 g/mol. The third-order valence-electron chi connectivity index (χ3n) is 2.92. The van der Waals surface area contributed by atoms with Crippen LogP contribution in [0.1, 0.15) is 18.7 Å². The van der Waals surface area contributed by atoms with Gasteiger partial charge in [0.25, 0.3) is 0 Å². The topological polar surface area (TPSA) is 21.3 Å². The molecule has 0 radical (unpaired) electrons. The van der Waals surface area contributed by atoms with Crippen LogP contribution in [0.15, 0.2) is 15.9 Å².